The summed E-state index contributed by atoms with van der Waals surface area (Å²) in [6, 6.07) is 8.78. The van der Waals surface area contributed by atoms with Crippen LogP contribution in [0.4, 0.5) is 0 Å². The number of hydrogen-bond acceptors (Lipinski definition) is 4. The van der Waals surface area contributed by atoms with Gasteiger partial charge in [-0.05, 0) is 49.7 Å². The number of piperidine rings is 1. The van der Waals surface area contributed by atoms with Crippen LogP contribution in [-0.4, -0.2) is 40.4 Å². The Morgan fingerprint density at radius 3 is 2.71 bits per heavy atom. The Bertz CT molecular complexity index is 666. The van der Waals surface area contributed by atoms with Crippen molar-refractivity contribution in [3.63, 3.8) is 0 Å². The summed E-state index contributed by atoms with van der Waals surface area (Å²) in [6.45, 7) is 1.66. The van der Waals surface area contributed by atoms with E-state index >= 15 is 0 Å². The number of amides is 1. The lowest BCUT2D eigenvalue weighted by Gasteiger charge is -2.36. The number of carbonyl (C=O) groups is 1. The van der Waals surface area contributed by atoms with Crippen LogP contribution in [0, 0.1) is 0 Å². The number of aliphatic hydroxyl groups is 1. The molecule has 0 aliphatic carbocycles. The van der Waals surface area contributed by atoms with E-state index in [-0.39, 0.29) is 12.5 Å². The molecule has 1 amide bonds. The number of nitrogens with zero attached hydrogens (tertiary/aromatic N) is 2. The van der Waals surface area contributed by atoms with Crippen molar-refractivity contribution in [1.82, 2.24) is 20.4 Å². The third-order valence-corrected chi connectivity index (χ3v) is 4.76. The maximum atomic E-state index is 12.9. The first-order valence-corrected chi connectivity index (χ1v) is 8.42. The van der Waals surface area contributed by atoms with Gasteiger partial charge >= 0.3 is 0 Å². The number of rotatable bonds is 5. The van der Waals surface area contributed by atoms with Gasteiger partial charge in [0, 0.05) is 24.0 Å². The fraction of sp³-hybridized carbons (Fsp3) is 0.412. The molecular weight excluding hydrogens is 328 g/mol. The fourth-order valence-corrected chi connectivity index (χ4v) is 3.21. The molecule has 0 bridgehead atoms. The van der Waals surface area contributed by atoms with Crippen LogP contribution in [0.3, 0.4) is 0 Å². The predicted molar refractivity (Wildman–Crippen MR) is 91.7 cm³/mol. The number of aromatic nitrogens is 2. The van der Waals surface area contributed by atoms with Gasteiger partial charge in [-0.25, -0.2) is 0 Å². The van der Waals surface area contributed by atoms with Gasteiger partial charge in [-0.2, -0.15) is 5.10 Å². The quantitative estimate of drug-likeness (QED) is 0.764. The van der Waals surface area contributed by atoms with Gasteiger partial charge < -0.3 is 15.7 Å². The Labute approximate surface area is 145 Å². The van der Waals surface area contributed by atoms with Crippen molar-refractivity contribution in [2.75, 3.05) is 19.6 Å². The molecule has 1 aromatic heterocycles. The molecule has 1 atom stereocenters. The van der Waals surface area contributed by atoms with Crippen molar-refractivity contribution >= 4 is 17.5 Å². The van der Waals surface area contributed by atoms with E-state index in [9.17, 15) is 9.90 Å². The molecule has 0 spiro atoms. The molecule has 2 aromatic rings. The molecule has 1 aromatic carbocycles. The highest BCUT2D eigenvalue weighted by atomic mass is 35.5. The van der Waals surface area contributed by atoms with E-state index in [0.29, 0.717) is 17.9 Å². The normalized spacial score (nSPS) is 18.1. The van der Waals surface area contributed by atoms with Crippen LogP contribution in [0.1, 0.15) is 24.5 Å². The van der Waals surface area contributed by atoms with Gasteiger partial charge in [-0.15, -0.1) is 0 Å². The number of halogens is 1. The minimum Gasteiger partial charge on any atom is -0.387 e. The van der Waals surface area contributed by atoms with Gasteiger partial charge in [0.1, 0.15) is 5.54 Å². The first-order valence-electron chi connectivity index (χ1n) is 8.04. The molecule has 1 saturated heterocycles. The zero-order valence-electron chi connectivity index (χ0n) is 13.3. The largest absolute Gasteiger partial charge is 0.387 e. The predicted octanol–water partition coefficient (Wildman–Crippen LogP) is 1.46. The highest BCUT2D eigenvalue weighted by molar-refractivity contribution is 6.30. The lowest BCUT2D eigenvalue weighted by molar-refractivity contribution is -0.132. The minimum absolute atomic E-state index is 0.110. The summed E-state index contributed by atoms with van der Waals surface area (Å²) < 4.78 is 1.73. The lowest BCUT2D eigenvalue weighted by Crippen LogP contribution is -2.55. The number of nitrogens with one attached hydrogen (secondary N) is 2. The Morgan fingerprint density at radius 1 is 1.38 bits per heavy atom. The molecule has 24 heavy (non-hydrogen) atoms. The molecule has 3 rings (SSSR count). The van der Waals surface area contributed by atoms with Crippen LogP contribution >= 0.6 is 11.6 Å². The summed E-state index contributed by atoms with van der Waals surface area (Å²) in [6.07, 6.45) is 4.05. The molecule has 1 unspecified atom stereocenters. The molecule has 6 nitrogen and oxygen atoms in total. The van der Waals surface area contributed by atoms with Crippen LogP contribution < -0.4 is 10.6 Å². The van der Waals surface area contributed by atoms with E-state index in [4.69, 9.17) is 11.6 Å². The van der Waals surface area contributed by atoms with Crippen LogP contribution in [0.5, 0.6) is 0 Å². The van der Waals surface area contributed by atoms with Gasteiger partial charge in [0.05, 0.1) is 6.10 Å². The number of carbonyl (C=O) groups excluding carboxylic acids is 1. The van der Waals surface area contributed by atoms with E-state index in [0.717, 1.165) is 18.7 Å². The third-order valence-electron chi connectivity index (χ3n) is 4.51. The van der Waals surface area contributed by atoms with Crippen LogP contribution in [0.2, 0.25) is 5.02 Å². The second-order valence-electron chi connectivity index (χ2n) is 6.01. The second kappa shape index (κ2) is 7.34. The number of aliphatic hydroxyl groups excluding tert-OH is 1. The maximum absolute atomic E-state index is 12.9. The summed E-state index contributed by atoms with van der Waals surface area (Å²) in [5.74, 6) is -0.110. The van der Waals surface area contributed by atoms with Crippen molar-refractivity contribution in [3.8, 4) is 0 Å². The maximum Gasteiger partial charge on any atom is 0.248 e. The molecule has 1 aliphatic rings. The van der Waals surface area contributed by atoms with Crippen LogP contribution in [-0.2, 0) is 10.3 Å². The Kier molecular flexibility index (Phi) is 5.18. The Morgan fingerprint density at radius 2 is 2.08 bits per heavy atom. The summed E-state index contributed by atoms with van der Waals surface area (Å²) in [5, 5.41) is 21.3. The highest BCUT2D eigenvalue weighted by Crippen LogP contribution is 2.27. The van der Waals surface area contributed by atoms with Gasteiger partial charge in [0.25, 0.3) is 0 Å². The van der Waals surface area contributed by atoms with Crippen molar-refractivity contribution in [1.29, 1.82) is 0 Å². The fourth-order valence-electron chi connectivity index (χ4n) is 3.08. The summed E-state index contributed by atoms with van der Waals surface area (Å²) in [7, 11) is 0. The number of hydrogen-bond donors (Lipinski definition) is 3. The zero-order chi connectivity index (χ0) is 17.0. The summed E-state index contributed by atoms with van der Waals surface area (Å²) in [4.78, 5) is 12.9. The molecular formula is C17H21ClN4O2. The monoisotopic (exact) mass is 348 g/mol. The minimum atomic E-state index is -0.775. The average molecular weight is 349 g/mol. The van der Waals surface area contributed by atoms with E-state index < -0.39 is 11.6 Å². The molecule has 3 N–H and O–H groups in total. The van der Waals surface area contributed by atoms with Gasteiger partial charge in [-0.1, -0.05) is 23.7 Å². The van der Waals surface area contributed by atoms with Gasteiger partial charge in [-0.3, -0.25) is 9.48 Å². The van der Waals surface area contributed by atoms with E-state index in [1.807, 2.05) is 12.3 Å². The SMILES string of the molecule is O=C(NCC(O)c1ccc(Cl)cc1)C1(n2cccn2)CCNCC1. The molecule has 128 valence electrons. The molecule has 1 aliphatic heterocycles. The summed E-state index contributed by atoms with van der Waals surface area (Å²) >= 11 is 5.85. The van der Waals surface area contributed by atoms with Crippen LogP contribution in [0.15, 0.2) is 42.7 Å². The second-order valence-corrected chi connectivity index (χ2v) is 6.45. The molecule has 0 radical (unpaired) electrons. The molecule has 7 heteroatoms. The third kappa shape index (κ3) is 3.45. The standard InChI is InChI=1S/C17H21ClN4O2/c18-14-4-2-13(3-5-14)15(23)12-20-16(24)17(6-9-19-10-7-17)22-11-1-8-21-22/h1-5,8,11,15,19,23H,6-7,9-10,12H2,(H,20,24). The van der Waals surface area contributed by atoms with Gasteiger partial charge in [0.2, 0.25) is 5.91 Å². The topological polar surface area (TPSA) is 79.2 Å². The van der Waals surface area contributed by atoms with E-state index in [1.165, 1.54) is 0 Å². The smallest absolute Gasteiger partial charge is 0.248 e. The first kappa shape index (κ1) is 17.0. The van der Waals surface area contributed by atoms with E-state index in [2.05, 4.69) is 15.7 Å². The van der Waals surface area contributed by atoms with Crippen molar-refractivity contribution in [2.24, 2.45) is 0 Å². The van der Waals surface area contributed by atoms with Crippen molar-refractivity contribution in [3.05, 3.63) is 53.3 Å². The molecule has 0 saturated carbocycles. The average Bonchev–Trinajstić information content (AvgIpc) is 3.15. The zero-order valence-corrected chi connectivity index (χ0v) is 14.0. The highest BCUT2D eigenvalue weighted by Gasteiger charge is 2.41. The van der Waals surface area contributed by atoms with Crippen LogP contribution in [0.25, 0.3) is 0 Å². The van der Waals surface area contributed by atoms with Crippen molar-refractivity contribution < 1.29 is 9.90 Å². The first-order chi connectivity index (χ1) is 11.6. The molecule has 2 heterocycles. The molecule has 1 fully saturated rings. The summed E-state index contributed by atoms with van der Waals surface area (Å²) in [5.41, 5.74) is 0.0206. The lowest BCUT2D eigenvalue weighted by atomic mass is 9.87. The van der Waals surface area contributed by atoms with Gasteiger partial charge in [0.15, 0.2) is 0 Å². The van der Waals surface area contributed by atoms with E-state index in [1.54, 1.807) is 35.1 Å². The Balaban J connectivity index is 1.69. The Hall–Kier alpha value is -1.89. The number of benzene rings is 1. The van der Waals surface area contributed by atoms with Crippen molar-refractivity contribution in [2.45, 2.75) is 24.5 Å².